The maximum Gasteiger partial charge on any atom is 0.356 e. The van der Waals surface area contributed by atoms with Gasteiger partial charge >= 0.3 is 5.97 Å². The van der Waals surface area contributed by atoms with Crippen molar-refractivity contribution in [2.45, 2.75) is 18.9 Å². The second-order valence-electron chi connectivity index (χ2n) is 4.97. The van der Waals surface area contributed by atoms with E-state index in [9.17, 15) is 9.90 Å². The number of carbonyl (C=O) groups excluding carboxylic acids is 1. The molecular formula is C13H19N3O3. The molecule has 1 aromatic rings. The van der Waals surface area contributed by atoms with Crippen molar-refractivity contribution in [1.82, 2.24) is 4.98 Å². The van der Waals surface area contributed by atoms with Crippen LogP contribution in [0.25, 0.3) is 0 Å². The van der Waals surface area contributed by atoms with E-state index in [4.69, 9.17) is 5.73 Å². The second kappa shape index (κ2) is 5.44. The summed E-state index contributed by atoms with van der Waals surface area (Å²) in [6.45, 7) is 0.763. The van der Waals surface area contributed by atoms with E-state index in [2.05, 4.69) is 9.72 Å². The van der Waals surface area contributed by atoms with Gasteiger partial charge in [-0.2, -0.15) is 0 Å². The summed E-state index contributed by atoms with van der Waals surface area (Å²) < 4.78 is 4.64. The van der Waals surface area contributed by atoms with Crippen LogP contribution in [0.3, 0.4) is 0 Å². The molecule has 0 aromatic carbocycles. The highest BCUT2D eigenvalue weighted by molar-refractivity contribution is 5.88. The van der Waals surface area contributed by atoms with Crippen LogP contribution in [0.2, 0.25) is 0 Å². The maximum atomic E-state index is 11.5. The van der Waals surface area contributed by atoms with Gasteiger partial charge in [-0.05, 0) is 30.9 Å². The van der Waals surface area contributed by atoms with Gasteiger partial charge < -0.3 is 20.5 Å². The highest BCUT2D eigenvalue weighted by atomic mass is 16.5. The van der Waals surface area contributed by atoms with Gasteiger partial charge in [-0.15, -0.1) is 0 Å². The van der Waals surface area contributed by atoms with E-state index in [0.29, 0.717) is 17.4 Å². The van der Waals surface area contributed by atoms with Gasteiger partial charge in [0.2, 0.25) is 0 Å². The normalized spacial score (nSPS) is 21.6. The summed E-state index contributed by atoms with van der Waals surface area (Å²) in [6.07, 6.45) is 1.44. The number of ether oxygens (including phenoxy) is 1. The smallest absolute Gasteiger partial charge is 0.356 e. The zero-order valence-electron chi connectivity index (χ0n) is 11.2. The number of hydrogen-bond acceptors (Lipinski definition) is 6. The number of nitrogen functional groups attached to an aromatic ring is 1. The number of anilines is 2. The molecule has 0 spiro atoms. The first-order valence-electron chi connectivity index (χ1n) is 6.25. The molecule has 6 heteroatoms. The van der Waals surface area contributed by atoms with E-state index in [-0.39, 0.29) is 11.8 Å². The minimum Gasteiger partial charge on any atom is -0.464 e. The van der Waals surface area contributed by atoms with Gasteiger partial charge in [-0.1, -0.05) is 0 Å². The minimum atomic E-state index is -0.478. The molecule has 1 fully saturated rings. The van der Waals surface area contributed by atoms with Crippen LogP contribution in [0.4, 0.5) is 11.5 Å². The lowest BCUT2D eigenvalue weighted by Gasteiger charge is -2.35. The molecule has 0 saturated heterocycles. The second-order valence-corrected chi connectivity index (χ2v) is 4.97. The molecule has 0 atom stereocenters. The summed E-state index contributed by atoms with van der Waals surface area (Å²) in [5.74, 6) is 0.543. The predicted octanol–water partition coefficient (Wildman–Crippen LogP) is 0.657. The average molecular weight is 265 g/mol. The molecule has 2 rings (SSSR count). The molecule has 1 saturated carbocycles. The Balaban J connectivity index is 2.11. The SMILES string of the molecule is COC(=O)c1ccc(N)c(N(C)CC2CC(O)C2)n1. The fourth-order valence-corrected chi connectivity index (χ4v) is 2.31. The third-order valence-electron chi connectivity index (χ3n) is 3.40. The fraction of sp³-hybridized carbons (Fsp3) is 0.538. The van der Waals surface area contributed by atoms with E-state index >= 15 is 0 Å². The molecule has 1 aromatic heterocycles. The summed E-state index contributed by atoms with van der Waals surface area (Å²) >= 11 is 0. The van der Waals surface area contributed by atoms with Crippen molar-refractivity contribution in [3.63, 3.8) is 0 Å². The fourth-order valence-electron chi connectivity index (χ4n) is 2.31. The molecule has 0 unspecified atom stereocenters. The lowest BCUT2D eigenvalue weighted by Crippen LogP contribution is -2.37. The van der Waals surface area contributed by atoms with E-state index < -0.39 is 5.97 Å². The van der Waals surface area contributed by atoms with Crippen molar-refractivity contribution in [1.29, 1.82) is 0 Å². The van der Waals surface area contributed by atoms with Crippen molar-refractivity contribution < 1.29 is 14.6 Å². The Bertz CT molecular complexity index is 472. The van der Waals surface area contributed by atoms with Crippen molar-refractivity contribution >= 4 is 17.5 Å². The maximum absolute atomic E-state index is 11.5. The van der Waals surface area contributed by atoms with Crippen LogP contribution in [0, 0.1) is 5.92 Å². The van der Waals surface area contributed by atoms with Crippen molar-refractivity contribution in [3.05, 3.63) is 17.8 Å². The molecule has 0 aliphatic heterocycles. The largest absolute Gasteiger partial charge is 0.464 e. The Kier molecular flexibility index (Phi) is 3.90. The van der Waals surface area contributed by atoms with Crippen LogP contribution in [-0.2, 0) is 4.74 Å². The Morgan fingerprint density at radius 3 is 2.84 bits per heavy atom. The molecule has 19 heavy (non-hydrogen) atoms. The van der Waals surface area contributed by atoms with Gasteiger partial charge in [0.25, 0.3) is 0 Å². The van der Waals surface area contributed by atoms with Crippen LogP contribution in [-0.4, -0.2) is 42.9 Å². The number of aliphatic hydroxyl groups excluding tert-OH is 1. The summed E-state index contributed by atoms with van der Waals surface area (Å²) in [7, 11) is 3.20. The highest BCUT2D eigenvalue weighted by Gasteiger charge is 2.28. The van der Waals surface area contributed by atoms with Gasteiger partial charge in [0.1, 0.15) is 0 Å². The number of methoxy groups -OCH3 is 1. The number of esters is 1. The summed E-state index contributed by atoms with van der Waals surface area (Å²) in [4.78, 5) is 17.6. The first kappa shape index (κ1) is 13.6. The monoisotopic (exact) mass is 265 g/mol. The Morgan fingerprint density at radius 2 is 2.26 bits per heavy atom. The number of nitrogens with zero attached hydrogens (tertiary/aromatic N) is 2. The minimum absolute atomic E-state index is 0.176. The van der Waals surface area contributed by atoms with Crippen LogP contribution in [0.15, 0.2) is 12.1 Å². The number of rotatable bonds is 4. The Labute approximate surface area is 112 Å². The number of carbonyl (C=O) groups is 1. The molecule has 6 nitrogen and oxygen atoms in total. The first-order chi connectivity index (χ1) is 9.01. The zero-order valence-corrected chi connectivity index (χ0v) is 11.2. The zero-order chi connectivity index (χ0) is 14.0. The van der Waals surface area contributed by atoms with E-state index in [0.717, 1.165) is 19.4 Å². The topological polar surface area (TPSA) is 88.7 Å². The molecule has 104 valence electrons. The van der Waals surface area contributed by atoms with Crippen molar-refractivity contribution in [2.24, 2.45) is 5.92 Å². The van der Waals surface area contributed by atoms with Gasteiger partial charge in [0.15, 0.2) is 11.5 Å². The van der Waals surface area contributed by atoms with Crippen molar-refractivity contribution in [2.75, 3.05) is 31.3 Å². The third kappa shape index (κ3) is 2.96. The van der Waals surface area contributed by atoms with Crippen LogP contribution in [0.5, 0.6) is 0 Å². The molecule has 0 amide bonds. The van der Waals surface area contributed by atoms with Crippen LogP contribution >= 0.6 is 0 Å². The van der Waals surface area contributed by atoms with E-state index in [1.165, 1.54) is 7.11 Å². The molecular weight excluding hydrogens is 246 g/mol. The number of aliphatic hydroxyl groups is 1. The summed E-state index contributed by atoms with van der Waals surface area (Å²) in [5, 5.41) is 9.29. The third-order valence-corrected chi connectivity index (χ3v) is 3.40. The molecule has 3 N–H and O–H groups in total. The predicted molar refractivity (Wildman–Crippen MR) is 72.0 cm³/mol. The Hall–Kier alpha value is -1.82. The van der Waals surface area contributed by atoms with Gasteiger partial charge in [-0.3, -0.25) is 0 Å². The lowest BCUT2D eigenvalue weighted by atomic mass is 9.82. The number of pyridine rings is 1. The van der Waals surface area contributed by atoms with Crippen molar-refractivity contribution in [3.8, 4) is 0 Å². The Morgan fingerprint density at radius 1 is 1.58 bits per heavy atom. The van der Waals surface area contributed by atoms with Crippen LogP contribution < -0.4 is 10.6 Å². The molecule has 0 radical (unpaired) electrons. The standard InChI is InChI=1S/C13H19N3O3/c1-16(7-8-5-9(17)6-8)12-10(14)3-4-11(15-12)13(18)19-2/h3-4,8-9,17H,5-7,14H2,1-2H3. The van der Waals surface area contributed by atoms with Gasteiger partial charge in [0, 0.05) is 13.6 Å². The number of aromatic nitrogens is 1. The number of hydrogen-bond donors (Lipinski definition) is 2. The van der Waals surface area contributed by atoms with E-state index in [1.54, 1.807) is 12.1 Å². The van der Waals surface area contributed by atoms with E-state index in [1.807, 2.05) is 11.9 Å². The summed E-state index contributed by atoms with van der Waals surface area (Å²) in [5.41, 5.74) is 6.65. The van der Waals surface area contributed by atoms with Gasteiger partial charge in [0.05, 0.1) is 18.9 Å². The van der Waals surface area contributed by atoms with Gasteiger partial charge in [-0.25, -0.2) is 9.78 Å². The highest BCUT2D eigenvalue weighted by Crippen LogP contribution is 2.30. The molecule has 0 bridgehead atoms. The quantitative estimate of drug-likeness (QED) is 0.777. The molecule has 1 aliphatic rings. The molecule has 1 aliphatic carbocycles. The average Bonchev–Trinajstić information content (AvgIpc) is 2.36. The molecule has 1 heterocycles. The van der Waals surface area contributed by atoms with Crippen LogP contribution in [0.1, 0.15) is 23.3 Å². The first-order valence-corrected chi connectivity index (χ1v) is 6.25. The number of nitrogens with two attached hydrogens (primary N) is 1. The summed E-state index contributed by atoms with van der Waals surface area (Å²) in [6, 6.07) is 3.20. The lowest BCUT2D eigenvalue weighted by molar-refractivity contribution is 0.0464.